The van der Waals surface area contributed by atoms with Crippen LogP contribution < -0.4 is 5.32 Å². The first-order valence-electron chi connectivity index (χ1n) is 8.34. The van der Waals surface area contributed by atoms with Crippen LogP contribution in [0.15, 0.2) is 5.10 Å². The summed E-state index contributed by atoms with van der Waals surface area (Å²) in [4.78, 5) is 0. The van der Waals surface area contributed by atoms with E-state index in [1.54, 1.807) is 5.01 Å². The Hall–Kier alpha value is -0.680. The molecule has 0 radical (unpaired) electrons. The van der Waals surface area contributed by atoms with Crippen molar-refractivity contribution in [1.82, 2.24) is 10.3 Å². The van der Waals surface area contributed by atoms with Crippen LogP contribution in [0.5, 0.6) is 0 Å². The zero-order valence-electron chi connectivity index (χ0n) is 13.2. The zero-order chi connectivity index (χ0) is 15.1. The summed E-state index contributed by atoms with van der Waals surface area (Å²) in [6, 6.07) is 0. The molecule has 1 spiro atoms. The molecule has 1 heterocycles. The van der Waals surface area contributed by atoms with Crippen molar-refractivity contribution in [1.29, 1.82) is 0 Å². The molecule has 2 atom stereocenters. The zero-order valence-corrected chi connectivity index (χ0v) is 14.0. The molecule has 4 nitrogen and oxygen atoms in total. The SMILES string of the molecule is CC(C)=NN1C(=S)NC2(CCCCC2)C2CCCCC21O. The minimum Gasteiger partial charge on any atom is -0.369 e. The predicted molar refractivity (Wildman–Crippen MR) is 89.1 cm³/mol. The number of hydrogen-bond acceptors (Lipinski definition) is 3. The van der Waals surface area contributed by atoms with Crippen LogP contribution >= 0.6 is 12.2 Å². The number of hydrazone groups is 1. The molecular formula is C16H27N3OS. The normalized spacial score (nSPS) is 35.1. The lowest BCUT2D eigenvalue weighted by Gasteiger charge is -2.59. The number of hydrogen-bond donors (Lipinski definition) is 2. The topological polar surface area (TPSA) is 47.9 Å². The van der Waals surface area contributed by atoms with Gasteiger partial charge in [-0.15, -0.1) is 0 Å². The molecule has 21 heavy (non-hydrogen) atoms. The molecule has 3 fully saturated rings. The maximum Gasteiger partial charge on any atom is 0.192 e. The molecule has 2 saturated carbocycles. The van der Waals surface area contributed by atoms with E-state index >= 15 is 0 Å². The molecule has 1 saturated heterocycles. The van der Waals surface area contributed by atoms with Gasteiger partial charge in [0.1, 0.15) is 0 Å². The number of rotatable bonds is 1. The lowest BCUT2D eigenvalue weighted by Crippen LogP contribution is -2.74. The molecule has 0 bridgehead atoms. The van der Waals surface area contributed by atoms with Gasteiger partial charge < -0.3 is 10.4 Å². The Bertz CT molecular complexity index is 454. The summed E-state index contributed by atoms with van der Waals surface area (Å²) in [6.07, 6.45) is 10.1. The molecule has 3 aliphatic rings. The van der Waals surface area contributed by atoms with Gasteiger partial charge in [0.2, 0.25) is 0 Å². The van der Waals surface area contributed by atoms with Crippen LogP contribution in [0.4, 0.5) is 0 Å². The fraction of sp³-hybridized carbons (Fsp3) is 0.875. The van der Waals surface area contributed by atoms with Crippen LogP contribution in [-0.2, 0) is 0 Å². The van der Waals surface area contributed by atoms with Crippen LogP contribution in [0.25, 0.3) is 0 Å². The van der Waals surface area contributed by atoms with E-state index in [0.717, 1.165) is 37.8 Å². The maximum absolute atomic E-state index is 11.5. The highest BCUT2D eigenvalue weighted by Gasteiger charge is 2.59. The molecule has 0 amide bonds. The average Bonchev–Trinajstić information content (AvgIpc) is 2.44. The van der Waals surface area contributed by atoms with Crippen LogP contribution in [0.3, 0.4) is 0 Å². The monoisotopic (exact) mass is 309 g/mol. The van der Waals surface area contributed by atoms with Gasteiger partial charge in [-0.3, -0.25) is 0 Å². The van der Waals surface area contributed by atoms with Gasteiger partial charge in [-0.05, 0) is 58.2 Å². The van der Waals surface area contributed by atoms with E-state index in [2.05, 4.69) is 10.4 Å². The van der Waals surface area contributed by atoms with Gasteiger partial charge in [-0.1, -0.05) is 25.7 Å². The van der Waals surface area contributed by atoms with Gasteiger partial charge in [0.05, 0.1) is 0 Å². The molecule has 5 heteroatoms. The summed E-state index contributed by atoms with van der Waals surface area (Å²) in [5, 5.41) is 21.9. The van der Waals surface area contributed by atoms with Crippen molar-refractivity contribution in [2.75, 3.05) is 0 Å². The summed E-state index contributed by atoms with van der Waals surface area (Å²) < 4.78 is 0. The van der Waals surface area contributed by atoms with Gasteiger partial charge in [-0.25, -0.2) is 5.01 Å². The number of fused-ring (bicyclic) bond motifs is 2. The van der Waals surface area contributed by atoms with E-state index in [1.807, 2.05) is 13.8 Å². The lowest BCUT2D eigenvalue weighted by atomic mass is 9.62. The number of nitrogens with zero attached hydrogens (tertiary/aromatic N) is 2. The molecule has 2 aliphatic carbocycles. The van der Waals surface area contributed by atoms with E-state index in [1.165, 1.54) is 25.7 Å². The van der Waals surface area contributed by atoms with E-state index < -0.39 is 5.72 Å². The Balaban J connectivity index is 2.00. The van der Waals surface area contributed by atoms with Gasteiger partial charge in [0.15, 0.2) is 10.8 Å². The first-order chi connectivity index (χ1) is 9.98. The van der Waals surface area contributed by atoms with Crippen molar-refractivity contribution >= 4 is 23.0 Å². The van der Waals surface area contributed by atoms with E-state index in [-0.39, 0.29) is 11.5 Å². The number of aliphatic hydroxyl groups is 1. The minimum atomic E-state index is -0.894. The average molecular weight is 309 g/mol. The van der Waals surface area contributed by atoms with Crippen LogP contribution in [0, 0.1) is 5.92 Å². The Morgan fingerprint density at radius 3 is 2.52 bits per heavy atom. The van der Waals surface area contributed by atoms with Crippen molar-refractivity contribution in [3.63, 3.8) is 0 Å². The standard InChI is InChI=1S/C16H27N3OS/c1-12(2)18-19-14(21)17-15(9-5-3-6-10-15)13-8-4-7-11-16(13,19)20/h13,20H,3-11H2,1-2H3,(H,17,21). The fourth-order valence-electron chi connectivity index (χ4n) is 4.63. The van der Waals surface area contributed by atoms with E-state index in [9.17, 15) is 5.11 Å². The highest BCUT2D eigenvalue weighted by molar-refractivity contribution is 7.80. The summed E-state index contributed by atoms with van der Waals surface area (Å²) >= 11 is 5.59. The van der Waals surface area contributed by atoms with Gasteiger partial charge in [0.25, 0.3) is 0 Å². The molecular weight excluding hydrogens is 282 g/mol. The summed E-state index contributed by atoms with van der Waals surface area (Å²) in [5.41, 5.74) is 0.0318. The molecule has 118 valence electrons. The second-order valence-electron chi connectivity index (χ2n) is 7.18. The van der Waals surface area contributed by atoms with Crippen molar-refractivity contribution in [2.45, 2.75) is 82.9 Å². The van der Waals surface area contributed by atoms with Crippen molar-refractivity contribution in [2.24, 2.45) is 11.0 Å². The molecule has 1 aliphatic heterocycles. The van der Waals surface area contributed by atoms with Gasteiger partial charge in [-0.2, -0.15) is 5.10 Å². The highest BCUT2D eigenvalue weighted by atomic mass is 32.1. The lowest BCUT2D eigenvalue weighted by molar-refractivity contribution is -0.181. The second kappa shape index (κ2) is 5.51. The van der Waals surface area contributed by atoms with E-state index in [4.69, 9.17) is 12.2 Å². The quantitative estimate of drug-likeness (QED) is 0.577. The fourth-order valence-corrected chi connectivity index (χ4v) is 5.03. The molecule has 2 unspecified atom stereocenters. The number of nitrogens with one attached hydrogen (secondary N) is 1. The highest BCUT2D eigenvalue weighted by Crippen LogP contribution is 2.50. The van der Waals surface area contributed by atoms with Gasteiger partial charge in [0, 0.05) is 17.2 Å². The Morgan fingerprint density at radius 1 is 1.19 bits per heavy atom. The third kappa shape index (κ3) is 2.48. The smallest absolute Gasteiger partial charge is 0.192 e. The minimum absolute atomic E-state index is 0.00182. The van der Waals surface area contributed by atoms with Crippen LogP contribution in [-0.4, -0.2) is 32.2 Å². The van der Waals surface area contributed by atoms with E-state index in [0.29, 0.717) is 5.11 Å². The first-order valence-corrected chi connectivity index (χ1v) is 8.75. The molecule has 0 aromatic rings. The van der Waals surface area contributed by atoms with Crippen molar-refractivity contribution in [3.05, 3.63) is 0 Å². The maximum atomic E-state index is 11.5. The first kappa shape index (κ1) is 15.2. The molecule has 2 N–H and O–H groups in total. The second-order valence-corrected chi connectivity index (χ2v) is 7.57. The third-order valence-electron chi connectivity index (χ3n) is 5.47. The molecule has 3 rings (SSSR count). The Labute approximate surface area is 133 Å². The number of thiocarbonyl (C=S) groups is 1. The summed E-state index contributed by atoms with van der Waals surface area (Å²) in [7, 11) is 0. The molecule has 0 aromatic heterocycles. The van der Waals surface area contributed by atoms with Crippen LogP contribution in [0.1, 0.15) is 71.6 Å². The van der Waals surface area contributed by atoms with Crippen molar-refractivity contribution < 1.29 is 5.11 Å². The largest absolute Gasteiger partial charge is 0.369 e. The molecule has 0 aromatic carbocycles. The summed E-state index contributed by atoms with van der Waals surface area (Å²) in [6.45, 7) is 3.91. The summed E-state index contributed by atoms with van der Waals surface area (Å²) in [5.74, 6) is 0.230. The third-order valence-corrected chi connectivity index (χ3v) is 5.75. The van der Waals surface area contributed by atoms with Crippen molar-refractivity contribution in [3.8, 4) is 0 Å². The van der Waals surface area contributed by atoms with Gasteiger partial charge >= 0.3 is 0 Å². The van der Waals surface area contributed by atoms with Crippen LogP contribution in [0.2, 0.25) is 0 Å². The Morgan fingerprint density at radius 2 is 1.86 bits per heavy atom. The predicted octanol–water partition coefficient (Wildman–Crippen LogP) is 3.15. The Kier molecular flexibility index (Phi) is 3.99.